The zero-order valence-corrected chi connectivity index (χ0v) is 21.9. The Morgan fingerprint density at radius 2 is 1.80 bits per heavy atom. The molecule has 9 nitrogen and oxygen atoms in total. The molecule has 0 radical (unpaired) electrons. The van der Waals surface area contributed by atoms with Crippen LogP contribution in [0.4, 0.5) is 13.2 Å². The molecule has 1 aliphatic rings. The van der Waals surface area contributed by atoms with E-state index in [1.165, 1.54) is 25.4 Å². The Kier molecular flexibility index (Phi) is 7.23. The number of nitrogens with zero attached hydrogens (tertiary/aromatic N) is 3. The number of pyridine rings is 1. The number of sulfone groups is 1. The molecule has 0 unspecified atom stereocenters. The van der Waals surface area contributed by atoms with Crippen LogP contribution in [0.5, 0.6) is 17.4 Å². The molecule has 0 spiro atoms. The van der Waals surface area contributed by atoms with Gasteiger partial charge in [-0.1, -0.05) is 18.2 Å². The molecule has 0 saturated heterocycles. The number of aromatic nitrogens is 3. The van der Waals surface area contributed by atoms with Gasteiger partial charge in [0.25, 0.3) is 5.91 Å². The number of carbonyl (C=O) groups is 1. The van der Waals surface area contributed by atoms with E-state index < -0.39 is 33.2 Å². The second kappa shape index (κ2) is 10.6. The van der Waals surface area contributed by atoms with Crippen LogP contribution in [0.15, 0.2) is 72.0 Å². The Morgan fingerprint density at radius 1 is 1.05 bits per heavy atom. The number of aromatic amines is 1. The van der Waals surface area contributed by atoms with Crippen LogP contribution in [0.25, 0.3) is 0 Å². The summed E-state index contributed by atoms with van der Waals surface area (Å²) in [5.74, 6) is 0.153. The largest absolute Gasteiger partial charge is 0.481 e. The van der Waals surface area contributed by atoms with E-state index in [1.807, 2.05) is 6.07 Å². The van der Waals surface area contributed by atoms with Gasteiger partial charge in [-0.2, -0.15) is 13.2 Å². The second-order valence-electron chi connectivity index (χ2n) is 9.02. The van der Waals surface area contributed by atoms with E-state index in [-0.39, 0.29) is 34.7 Å². The molecule has 2 aromatic heterocycles. The first-order valence-corrected chi connectivity index (χ1v) is 13.7. The minimum atomic E-state index is -4.44. The molecule has 40 heavy (non-hydrogen) atoms. The number of halogens is 3. The highest BCUT2D eigenvalue weighted by atomic mass is 32.2. The minimum Gasteiger partial charge on any atom is -0.481 e. The fourth-order valence-electron chi connectivity index (χ4n) is 4.33. The average Bonchev–Trinajstić information content (AvgIpc) is 3.44. The van der Waals surface area contributed by atoms with Crippen LogP contribution in [0.2, 0.25) is 0 Å². The molecule has 1 N–H and O–H groups in total. The van der Waals surface area contributed by atoms with E-state index in [2.05, 4.69) is 15.0 Å². The van der Waals surface area contributed by atoms with Crippen molar-refractivity contribution in [3.63, 3.8) is 0 Å². The zero-order valence-electron chi connectivity index (χ0n) is 21.1. The Morgan fingerprint density at radius 3 is 2.52 bits per heavy atom. The van der Waals surface area contributed by atoms with Gasteiger partial charge in [0.1, 0.15) is 22.9 Å². The van der Waals surface area contributed by atoms with E-state index >= 15 is 0 Å². The number of hydrogen-bond acceptors (Lipinski definition) is 7. The van der Waals surface area contributed by atoms with Crippen molar-refractivity contribution in [1.29, 1.82) is 0 Å². The van der Waals surface area contributed by atoms with Crippen molar-refractivity contribution in [2.45, 2.75) is 30.1 Å². The number of H-pyrrole nitrogens is 1. The van der Waals surface area contributed by atoms with Crippen molar-refractivity contribution in [2.24, 2.45) is 0 Å². The molecule has 1 amide bonds. The normalized spacial score (nSPS) is 13.6. The molecular formula is C27H23F3N4O5S. The van der Waals surface area contributed by atoms with Gasteiger partial charge < -0.3 is 19.4 Å². The summed E-state index contributed by atoms with van der Waals surface area (Å²) in [5, 5.41) is -0.342. The van der Waals surface area contributed by atoms with Crippen LogP contribution >= 0.6 is 0 Å². The Labute approximate surface area is 227 Å². The SMILES string of the molecule is COc1cccc(CS(=O)(=O)c2nc(C(=O)N3CCc4c(cccc4Oc4ccc(C(F)(F)F)cc4)C3)c[nH]2)n1. The lowest BCUT2D eigenvalue weighted by Crippen LogP contribution is -2.36. The third-order valence-corrected chi connectivity index (χ3v) is 7.79. The summed E-state index contributed by atoms with van der Waals surface area (Å²) in [5.41, 5.74) is 1.10. The lowest BCUT2D eigenvalue weighted by molar-refractivity contribution is -0.137. The quantitative estimate of drug-likeness (QED) is 0.339. The summed E-state index contributed by atoms with van der Waals surface area (Å²) >= 11 is 0. The Balaban J connectivity index is 1.28. The first-order chi connectivity index (χ1) is 19.0. The zero-order chi connectivity index (χ0) is 28.5. The van der Waals surface area contributed by atoms with Gasteiger partial charge in [0.2, 0.25) is 20.9 Å². The first-order valence-electron chi connectivity index (χ1n) is 12.1. The average molecular weight is 573 g/mol. The number of imidazole rings is 1. The topological polar surface area (TPSA) is 114 Å². The number of carbonyl (C=O) groups excluding carboxylic acids is 1. The molecule has 5 rings (SSSR count). The molecule has 13 heteroatoms. The number of nitrogens with one attached hydrogen (secondary N) is 1. The molecule has 0 atom stereocenters. The third kappa shape index (κ3) is 5.78. The van der Waals surface area contributed by atoms with Gasteiger partial charge in [-0.05, 0) is 48.4 Å². The summed E-state index contributed by atoms with van der Waals surface area (Å²) in [6.45, 7) is 0.531. The lowest BCUT2D eigenvalue weighted by atomic mass is 9.98. The van der Waals surface area contributed by atoms with Gasteiger partial charge in [0, 0.05) is 30.9 Å². The summed E-state index contributed by atoms with van der Waals surface area (Å²) in [6, 6.07) is 14.5. The van der Waals surface area contributed by atoms with Crippen LogP contribution in [0.1, 0.15) is 32.9 Å². The third-order valence-electron chi connectivity index (χ3n) is 6.32. The summed E-state index contributed by atoms with van der Waals surface area (Å²) < 4.78 is 75.2. The van der Waals surface area contributed by atoms with Crippen LogP contribution < -0.4 is 9.47 Å². The van der Waals surface area contributed by atoms with Gasteiger partial charge in [0.15, 0.2) is 0 Å². The van der Waals surface area contributed by atoms with Crippen LogP contribution in [0.3, 0.4) is 0 Å². The van der Waals surface area contributed by atoms with Gasteiger partial charge in [-0.3, -0.25) is 4.79 Å². The summed E-state index contributed by atoms with van der Waals surface area (Å²) in [6.07, 6.45) is -2.75. The van der Waals surface area contributed by atoms with Gasteiger partial charge >= 0.3 is 6.18 Å². The predicted octanol–water partition coefficient (Wildman–Crippen LogP) is 4.80. The van der Waals surface area contributed by atoms with E-state index in [0.29, 0.717) is 18.7 Å². The van der Waals surface area contributed by atoms with Crippen molar-refractivity contribution in [2.75, 3.05) is 13.7 Å². The van der Waals surface area contributed by atoms with Crippen LogP contribution in [-0.2, 0) is 34.7 Å². The van der Waals surface area contributed by atoms with Crippen molar-refractivity contribution >= 4 is 15.7 Å². The van der Waals surface area contributed by atoms with E-state index in [1.54, 1.807) is 35.2 Å². The fourth-order valence-corrected chi connectivity index (χ4v) is 5.49. The maximum atomic E-state index is 13.2. The molecule has 1 aliphatic heterocycles. The predicted molar refractivity (Wildman–Crippen MR) is 137 cm³/mol. The number of benzene rings is 2. The number of amides is 1. The monoisotopic (exact) mass is 572 g/mol. The number of ether oxygens (including phenoxy) is 2. The van der Waals surface area contributed by atoms with Crippen molar-refractivity contribution in [1.82, 2.24) is 19.9 Å². The van der Waals surface area contributed by atoms with Gasteiger partial charge in [0.05, 0.1) is 18.4 Å². The highest BCUT2D eigenvalue weighted by Gasteiger charge is 2.31. The van der Waals surface area contributed by atoms with E-state index in [0.717, 1.165) is 23.3 Å². The Bertz CT molecular complexity index is 1650. The number of methoxy groups -OCH3 is 1. The van der Waals surface area contributed by atoms with Gasteiger partial charge in [-0.15, -0.1) is 0 Å². The lowest BCUT2D eigenvalue weighted by Gasteiger charge is -2.29. The highest BCUT2D eigenvalue weighted by molar-refractivity contribution is 7.90. The van der Waals surface area contributed by atoms with Crippen molar-refractivity contribution in [3.05, 3.63) is 94.9 Å². The van der Waals surface area contributed by atoms with E-state index in [4.69, 9.17) is 9.47 Å². The van der Waals surface area contributed by atoms with Crippen LogP contribution in [-0.4, -0.2) is 47.8 Å². The number of hydrogen-bond donors (Lipinski definition) is 1. The van der Waals surface area contributed by atoms with Crippen molar-refractivity contribution in [3.8, 4) is 17.4 Å². The molecule has 3 heterocycles. The minimum absolute atomic E-state index is 0.0437. The first kappa shape index (κ1) is 27.2. The molecular weight excluding hydrogens is 549 g/mol. The Hall–Kier alpha value is -4.39. The number of fused-ring (bicyclic) bond motifs is 1. The molecule has 4 aromatic rings. The maximum Gasteiger partial charge on any atom is 0.416 e. The summed E-state index contributed by atoms with van der Waals surface area (Å²) in [7, 11) is -2.48. The number of rotatable bonds is 7. The molecule has 2 aromatic carbocycles. The standard InChI is InChI=1S/C27H23F3N4O5S/c1-38-24-7-3-5-19(32-24)16-40(36,37)26-31-14-22(33-26)25(35)34-13-12-21-17(15-34)4-2-6-23(21)39-20-10-8-18(9-11-20)27(28,29)30/h2-11,14H,12-13,15-16H2,1H3,(H,31,33). The molecule has 208 valence electrons. The smallest absolute Gasteiger partial charge is 0.416 e. The maximum absolute atomic E-state index is 13.2. The highest BCUT2D eigenvalue weighted by Crippen LogP contribution is 2.34. The van der Waals surface area contributed by atoms with Crippen molar-refractivity contribution < 1.29 is 35.9 Å². The van der Waals surface area contributed by atoms with E-state index in [9.17, 15) is 26.4 Å². The molecule has 0 fully saturated rings. The van der Waals surface area contributed by atoms with Gasteiger partial charge in [-0.25, -0.2) is 18.4 Å². The molecule has 0 aliphatic carbocycles. The number of alkyl halides is 3. The molecule has 0 saturated carbocycles. The fraction of sp³-hybridized carbons (Fsp3) is 0.222. The summed E-state index contributed by atoms with van der Waals surface area (Å²) in [4.78, 5) is 25.5. The molecule has 0 bridgehead atoms. The second-order valence-corrected chi connectivity index (χ2v) is 10.9. The van der Waals surface area contributed by atoms with Crippen LogP contribution in [0, 0.1) is 0 Å².